The second kappa shape index (κ2) is 1.73. The molecule has 0 atom stereocenters. The monoisotopic (exact) mass is 138 g/mol. The Bertz CT molecular complexity index is 355. The van der Waals surface area contributed by atoms with E-state index < -0.39 is 5.82 Å². The SMILES string of the molecule is Fc1cnc2n[nH]nc2c1. The van der Waals surface area contributed by atoms with E-state index in [-0.39, 0.29) is 0 Å². The second-order valence-electron chi connectivity index (χ2n) is 1.82. The van der Waals surface area contributed by atoms with Crippen molar-refractivity contribution in [3.05, 3.63) is 18.1 Å². The summed E-state index contributed by atoms with van der Waals surface area (Å²) >= 11 is 0. The lowest BCUT2D eigenvalue weighted by atomic mass is 10.4. The highest BCUT2D eigenvalue weighted by Gasteiger charge is 1.98. The molecule has 0 amide bonds. The Kier molecular flexibility index (Phi) is 0.913. The summed E-state index contributed by atoms with van der Waals surface area (Å²) in [6, 6.07) is 1.27. The highest BCUT2D eigenvalue weighted by atomic mass is 19.1. The van der Waals surface area contributed by atoms with Crippen molar-refractivity contribution < 1.29 is 4.39 Å². The van der Waals surface area contributed by atoms with Crippen LogP contribution in [0.25, 0.3) is 11.2 Å². The van der Waals surface area contributed by atoms with Crippen molar-refractivity contribution in [3.63, 3.8) is 0 Å². The van der Waals surface area contributed by atoms with Crippen LogP contribution in [0.5, 0.6) is 0 Å². The summed E-state index contributed by atoms with van der Waals surface area (Å²) in [5.74, 6) is -0.401. The van der Waals surface area contributed by atoms with E-state index >= 15 is 0 Å². The molecule has 2 heterocycles. The number of hydrogen-bond donors (Lipinski definition) is 1. The van der Waals surface area contributed by atoms with Gasteiger partial charge in [-0.3, -0.25) is 0 Å². The Morgan fingerprint density at radius 2 is 2.30 bits per heavy atom. The van der Waals surface area contributed by atoms with Crippen molar-refractivity contribution >= 4 is 11.2 Å². The van der Waals surface area contributed by atoms with Gasteiger partial charge in [-0.25, -0.2) is 9.37 Å². The molecule has 0 spiro atoms. The third-order valence-corrected chi connectivity index (χ3v) is 1.14. The molecule has 50 valence electrons. The fourth-order valence-electron chi connectivity index (χ4n) is 0.716. The van der Waals surface area contributed by atoms with Crippen molar-refractivity contribution in [2.45, 2.75) is 0 Å². The predicted molar refractivity (Wildman–Crippen MR) is 31.6 cm³/mol. The smallest absolute Gasteiger partial charge is 0.201 e. The number of nitrogens with one attached hydrogen (secondary N) is 1. The van der Waals surface area contributed by atoms with Gasteiger partial charge in [-0.15, -0.1) is 5.10 Å². The standard InChI is InChI=1S/C5H3FN4/c6-3-1-4-5(7-2-3)9-10-8-4/h1-2H,(H,7,8,9,10). The van der Waals surface area contributed by atoms with Gasteiger partial charge in [-0.2, -0.15) is 10.3 Å². The van der Waals surface area contributed by atoms with Gasteiger partial charge in [0.25, 0.3) is 0 Å². The minimum atomic E-state index is -0.401. The Hall–Kier alpha value is -1.52. The number of halogens is 1. The molecular formula is C5H3FN4. The highest BCUT2D eigenvalue weighted by molar-refractivity contribution is 5.67. The topological polar surface area (TPSA) is 54.5 Å². The predicted octanol–water partition coefficient (Wildman–Crippen LogP) is 0.492. The normalized spacial score (nSPS) is 10.5. The van der Waals surface area contributed by atoms with Crippen molar-refractivity contribution in [3.8, 4) is 0 Å². The average molecular weight is 138 g/mol. The minimum absolute atomic E-state index is 0.401. The number of aromatic nitrogens is 4. The van der Waals surface area contributed by atoms with Crippen LogP contribution in [0.4, 0.5) is 4.39 Å². The molecule has 2 aromatic heterocycles. The molecule has 2 rings (SSSR count). The molecule has 0 fully saturated rings. The number of H-pyrrole nitrogens is 1. The number of aromatic amines is 1. The molecule has 0 aliphatic carbocycles. The van der Waals surface area contributed by atoms with Crippen LogP contribution in [0.1, 0.15) is 0 Å². The lowest BCUT2D eigenvalue weighted by Crippen LogP contribution is -1.78. The molecule has 0 saturated carbocycles. The summed E-state index contributed by atoms with van der Waals surface area (Å²) in [6.45, 7) is 0. The summed E-state index contributed by atoms with van der Waals surface area (Å²) in [6.07, 6.45) is 1.10. The lowest BCUT2D eigenvalue weighted by Gasteiger charge is -1.82. The molecule has 10 heavy (non-hydrogen) atoms. The van der Waals surface area contributed by atoms with Crippen LogP contribution < -0.4 is 0 Å². The molecule has 0 unspecified atom stereocenters. The summed E-state index contributed by atoms with van der Waals surface area (Å²) < 4.78 is 12.4. The van der Waals surface area contributed by atoms with Gasteiger partial charge in [0.2, 0.25) is 5.65 Å². The van der Waals surface area contributed by atoms with Crippen molar-refractivity contribution in [2.75, 3.05) is 0 Å². The van der Waals surface area contributed by atoms with Crippen LogP contribution >= 0.6 is 0 Å². The van der Waals surface area contributed by atoms with Gasteiger partial charge in [-0.05, 0) is 0 Å². The van der Waals surface area contributed by atoms with Gasteiger partial charge in [0.15, 0.2) is 0 Å². The first kappa shape index (κ1) is 5.28. The number of nitrogens with zero attached hydrogens (tertiary/aromatic N) is 3. The molecule has 4 nitrogen and oxygen atoms in total. The fourth-order valence-corrected chi connectivity index (χ4v) is 0.716. The maximum atomic E-state index is 12.4. The van der Waals surface area contributed by atoms with Crippen molar-refractivity contribution in [1.82, 2.24) is 20.4 Å². The van der Waals surface area contributed by atoms with Crippen LogP contribution in [0, 0.1) is 5.82 Å². The number of fused-ring (bicyclic) bond motifs is 1. The van der Waals surface area contributed by atoms with Crippen LogP contribution in [0.2, 0.25) is 0 Å². The van der Waals surface area contributed by atoms with E-state index in [9.17, 15) is 4.39 Å². The van der Waals surface area contributed by atoms with Gasteiger partial charge >= 0.3 is 0 Å². The molecule has 0 bridgehead atoms. The van der Waals surface area contributed by atoms with E-state index in [1.165, 1.54) is 6.07 Å². The lowest BCUT2D eigenvalue weighted by molar-refractivity contribution is 0.624. The first-order valence-corrected chi connectivity index (χ1v) is 2.68. The highest BCUT2D eigenvalue weighted by Crippen LogP contribution is 2.04. The third-order valence-electron chi connectivity index (χ3n) is 1.14. The quantitative estimate of drug-likeness (QED) is 0.576. The van der Waals surface area contributed by atoms with Crippen LogP contribution in [0.15, 0.2) is 12.3 Å². The first-order valence-electron chi connectivity index (χ1n) is 2.68. The molecule has 5 heteroatoms. The zero-order chi connectivity index (χ0) is 6.97. The van der Waals surface area contributed by atoms with Gasteiger partial charge in [-0.1, -0.05) is 0 Å². The summed E-state index contributed by atoms with van der Waals surface area (Å²) in [7, 11) is 0. The minimum Gasteiger partial charge on any atom is -0.231 e. The molecule has 0 aliphatic heterocycles. The zero-order valence-corrected chi connectivity index (χ0v) is 4.87. The maximum Gasteiger partial charge on any atom is 0.201 e. The zero-order valence-electron chi connectivity index (χ0n) is 4.87. The van der Waals surface area contributed by atoms with E-state index in [2.05, 4.69) is 20.4 Å². The van der Waals surface area contributed by atoms with E-state index in [1.54, 1.807) is 0 Å². The molecule has 2 aromatic rings. The molecule has 0 saturated heterocycles. The van der Waals surface area contributed by atoms with E-state index in [0.717, 1.165) is 6.20 Å². The van der Waals surface area contributed by atoms with Crippen LogP contribution in [0.3, 0.4) is 0 Å². The summed E-state index contributed by atoms with van der Waals surface area (Å²) in [5.41, 5.74) is 0.876. The van der Waals surface area contributed by atoms with Crippen molar-refractivity contribution in [2.24, 2.45) is 0 Å². The van der Waals surface area contributed by atoms with Gasteiger partial charge in [0.05, 0.1) is 6.20 Å². The largest absolute Gasteiger partial charge is 0.231 e. The molecule has 0 radical (unpaired) electrons. The second-order valence-corrected chi connectivity index (χ2v) is 1.82. The Balaban J connectivity index is 2.86. The molecule has 0 aromatic carbocycles. The molecular weight excluding hydrogens is 135 g/mol. The first-order chi connectivity index (χ1) is 4.86. The van der Waals surface area contributed by atoms with E-state index in [0.29, 0.717) is 11.2 Å². The fraction of sp³-hybridized carbons (Fsp3) is 0. The van der Waals surface area contributed by atoms with E-state index in [1.807, 2.05) is 0 Å². The third kappa shape index (κ3) is 0.637. The average Bonchev–Trinajstić information content (AvgIpc) is 2.33. The Labute approximate surface area is 55.1 Å². The van der Waals surface area contributed by atoms with E-state index in [4.69, 9.17) is 0 Å². The van der Waals surface area contributed by atoms with Crippen molar-refractivity contribution in [1.29, 1.82) is 0 Å². The molecule has 1 N–H and O–H groups in total. The van der Waals surface area contributed by atoms with Crippen LogP contribution in [-0.4, -0.2) is 20.4 Å². The Morgan fingerprint density at radius 3 is 3.20 bits per heavy atom. The van der Waals surface area contributed by atoms with Crippen LogP contribution in [-0.2, 0) is 0 Å². The van der Waals surface area contributed by atoms with Gasteiger partial charge < -0.3 is 0 Å². The Morgan fingerprint density at radius 1 is 1.40 bits per heavy atom. The summed E-state index contributed by atoms with van der Waals surface area (Å²) in [4.78, 5) is 3.66. The maximum absolute atomic E-state index is 12.4. The number of pyridine rings is 1. The number of hydrogen-bond acceptors (Lipinski definition) is 3. The van der Waals surface area contributed by atoms with Gasteiger partial charge in [0, 0.05) is 6.07 Å². The summed E-state index contributed by atoms with van der Waals surface area (Å²) in [5, 5.41) is 9.62. The van der Waals surface area contributed by atoms with Gasteiger partial charge in [0.1, 0.15) is 11.3 Å². The number of rotatable bonds is 0. The molecule has 0 aliphatic rings.